The number of pyridine rings is 1. The Kier molecular flexibility index (Phi) is 4.58. The predicted octanol–water partition coefficient (Wildman–Crippen LogP) is 2.00. The van der Waals surface area contributed by atoms with E-state index in [0.717, 1.165) is 19.0 Å². The van der Waals surface area contributed by atoms with E-state index in [4.69, 9.17) is 14.2 Å². The SMILES string of the molecule is C[C@H]1CCCC(O[C@H]2c3ncc([N+](=O)[O-])cc3OC[C@@H]2[N+](=O)[O-])O1. The molecule has 2 aliphatic heterocycles. The fraction of sp³-hybridized carbons (Fsp3) is 0.643. The van der Waals surface area contributed by atoms with Crippen molar-refractivity contribution in [3.05, 3.63) is 38.2 Å². The molecule has 4 atom stereocenters. The van der Waals surface area contributed by atoms with E-state index >= 15 is 0 Å². The Morgan fingerprint density at radius 2 is 2.12 bits per heavy atom. The van der Waals surface area contributed by atoms with Gasteiger partial charge in [-0.05, 0) is 26.2 Å². The van der Waals surface area contributed by atoms with Crippen LogP contribution in [0, 0.1) is 20.2 Å². The Hall–Kier alpha value is -2.33. The minimum Gasteiger partial charge on any atom is -0.484 e. The second kappa shape index (κ2) is 6.65. The molecule has 1 aromatic rings. The standard InChI is InChI=1S/C14H17N3O7/c1-8-3-2-4-12(23-8)24-14-10(17(20)21)7-22-11-5-9(16(18)19)6-15-13(11)14/h5-6,8,10,12,14H,2-4,7H2,1H3/t8-,10-,12?,14+/m0/s1. The van der Waals surface area contributed by atoms with Gasteiger partial charge in [0.25, 0.3) is 11.7 Å². The Bertz CT molecular complexity index is 653. The quantitative estimate of drug-likeness (QED) is 0.602. The van der Waals surface area contributed by atoms with Gasteiger partial charge in [0.2, 0.25) is 0 Å². The average Bonchev–Trinajstić information content (AvgIpc) is 2.54. The van der Waals surface area contributed by atoms with E-state index in [9.17, 15) is 20.2 Å². The van der Waals surface area contributed by atoms with Gasteiger partial charge in [0.05, 0.1) is 17.1 Å². The fourth-order valence-electron chi connectivity index (χ4n) is 2.88. The molecule has 1 fully saturated rings. The first kappa shape index (κ1) is 16.5. The molecule has 24 heavy (non-hydrogen) atoms. The molecule has 0 aliphatic carbocycles. The number of hydrogen-bond acceptors (Lipinski definition) is 8. The molecule has 0 saturated carbocycles. The lowest BCUT2D eigenvalue weighted by Crippen LogP contribution is -2.42. The molecule has 0 spiro atoms. The number of nitro groups is 2. The van der Waals surface area contributed by atoms with Gasteiger partial charge in [-0.1, -0.05) is 0 Å². The van der Waals surface area contributed by atoms with Crippen molar-refractivity contribution in [3.63, 3.8) is 0 Å². The highest BCUT2D eigenvalue weighted by atomic mass is 16.7. The van der Waals surface area contributed by atoms with Gasteiger partial charge in [0, 0.05) is 4.92 Å². The average molecular weight is 339 g/mol. The highest BCUT2D eigenvalue weighted by Crippen LogP contribution is 2.38. The summed E-state index contributed by atoms with van der Waals surface area (Å²) < 4.78 is 16.8. The van der Waals surface area contributed by atoms with Gasteiger partial charge in [-0.3, -0.25) is 20.2 Å². The second-order valence-corrected chi connectivity index (χ2v) is 5.86. The maximum Gasteiger partial charge on any atom is 0.291 e. The molecule has 3 rings (SSSR count). The van der Waals surface area contributed by atoms with Crippen LogP contribution >= 0.6 is 0 Å². The number of hydrogen-bond donors (Lipinski definition) is 0. The first-order valence-electron chi connectivity index (χ1n) is 7.67. The van der Waals surface area contributed by atoms with Crippen LogP contribution in [0.1, 0.15) is 38.0 Å². The molecule has 0 aromatic carbocycles. The third kappa shape index (κ3) is 3.29. The fourth-order valence-corrected chi connectivity index (χ4v) is 2.88. The molecule has 2 aliphatic rings. The van der Waals surface area contributed by atoms with Crippen LogP contribution in [0.4, 0.5) is 5.69 Å². The Morgan fingerprint density at radius 1 is 1.33 bits per heavy atom. The summed E-state index contributed by atoms with van der Waals surface area (Å²) in [6.07, 6.45) is 1.97. The van der Waals surface area contributed by atoms with Gasteiger partial charge < -0.3 is 14.2 Å². The number of nitrogens with zero attached hydrogens (tertiary/aromatic N) is 3. The maximum absolute atomic E-state index is 11.3. The first-order chi connectivity index (χ1) is 11.5. The second-order valence-electron chi connectivity index (χ2n) is 5.86. The highest BCUT2D eigenvalue weighted by molar-refractivity contribution is 5.41. The van der Waals surface area contributed by atoms with Crippen LogP contribution in [-0.2, 0) is 9.47 Å². The van der Waals surface area contributed by atoms with Crippen molar-refractivity contribution in [2.45, 2.75) is 50.7 Å². The van der Waals surface area contributed by atoms with E-state index in [1.165, 1.54) is 6.07 Å². The van der Waals surface area contributed by atoms with E-state index < -0.39 is 28.3 Å². The summed E-state index contributed by atoms with van der Waals surface area (Å²) in [4.78, 5) is 25.1. The van der Waals surface area contributed by atoms with E-state index in [1.807, 2.05) is 6.92 Å². The zero-order valence-corrected chi connectivity index (χ0v) is 13.0. The molecule has 0 bridgehead atoms. The van der Waals surface area contributed by atoms with Gasteiger partial charge >= 0.3 is 0 Å². The summed E-state index contributed by atoms with van der Waals surface area (Å²) in [7, 11) is 0. The third-order valence-corrected chi connectivity index (χ3v) is 4.11. The minimum absolute atomic E-state index is 0.0157. The minimum atomic E-state index is -1.15. The molecular weight excluding hydrogens is 322 g/mol. The largest absolute Gasteiger partial charge is 0.484 e. The maximum atomic E-state index is 11.3. The normalized spacial score (nSPS) is 29.4. The topological polar surface area (TPSA) is 127 Å². The highest BCUT2D eigenvalue weighted by Gasteiger charge is 2.44. The molecule has 130 valence electrons. The van der Waals surface area contributed by atoms with Gasteiger partial charge in [0.15, 0.2) is 24.8 Å². The van der Waals surface area contributed by atoms with Crippen molar-refractivity contribution in [2.24, 2.45) is 0 Å². The number of rotatable bonds is 4. The molecule has 10 heteroatoms. The molecule has 3 heterocycles. The van der Waals surface area contributed by atoms with Crippen LogP contribution in [0.15, 0.2) is 12.3 Å². The van der Waals surface area contributed by atoms with E-state index in [2.05, 4.69) is 4.98 Å². The van der Waals surface area contributed by atoms with Crippen LogP contribution in [0.2, 0.25) is 0 Å². The van der Waals surface area contributed by atoms with Crippen molar-refractivity contribution in [3.8, 4) is 5.75 Å². The molecule has 0 radical (unpaired) electrons. The zero-order chi connectivity index (χ0) is 17.3. The summed E-state index contributed by atoms with van der Waals surface area (Å²) in [5.41, 5.74) is -0.0510. The lowest BCUT2D eigenvalue weighted by molar-refractivity contribution is -0.544. The third-order valence-electron chi connectivity index (χ3n) is 4.11. The summed E-state index contributed by atoms with van der Waals surface area (Å²) in [5, 5.41) is 22.2. The Morgan fingerprint density at radius 3 is 2.79 bits per heavy atom. The van der Waals surface area contributed by atoms with Crippen LogP contribution < -0.4 is 4.74 Å². The van der Waals surface area contributed by atoms with E-state index in [-0.39, 0.29) is 29.8 Å². The van der Waals surface area contributed by atoms with E-state index in [0.29, 0.717) is 6.42 Å². The summed E-state index contributed by atoms with van der Waals surface area (Å²) in [6.45, 7) is 1.68. The molecule has 1 unspecified atom stereocenters. The van der Waals surface area contributed by atoms with Gasteiger partial charge in [-0.25, -0.2) is 4.98 Å². The summed E-state index contributed by atoms with van der Waals surface area (Å²) in [6, 6.07) is 0.0615. The number of fused-ring (bicyclic) bond motifs is 1. The van der Waals surface area contributed by atoms with Crippen LogP contribution in [0.25, 0.3) is 0 Å². The number of aromatic nitrogens is 1. The first-order valence-corrected chi connectivity index (χ1v) is 7.67. The molecule has 1 aromatic heterocycles. The van der Waals surface area contributed by atoms with Gasteiger partial charge in [-0.2, -0.15) is 0 Å². The molecule has 1 saturated heterocycles. The Balaban J connectivity index is 1.88. The lowest BCUT2D eigenvalue weighted by atomic mass is 10.0. The molecule has 0 amide bonds. The van der Waals surface area contributed by atoms with Crippen LogP contribution in [0.5, 0.6) is 5.75 Å². The van der Waals surface area contributed by atoms with Crippen LogP contribution in [-0.4, -0.2) is 39.9 Å². The van der Waals surface area contributed by atoms with Crippen molar-refractivity contribution in [1.82, 2.24) is 4.98 Å². The molecule has 0 N–H and O–H groups in total. The van der Waals surface area contributed by atoms with Gasteiger partial charge in [0.1, 0.15) is 11.9 Å². The van der Waals surface area contributed by atoms with Crippen molar-refractivity contribution in [1.29, 1.82) is 0 Å². The smallest absolute Gasteiger partial charge is 0.291 e. The number of ether oxygens (including phenoxy) is 3. The van der Waals surface area contributed by atoms with E-state index in [1.54, 1.807) is 0 Å². The zero-order valence-electron chi connectivity index (χ0n) is 13.0. The summed E-state index contributed by atoms with van der Waals surface area (Å²) >= 11 is 0. The van der Waals surface area contributed by atoms with Crippen LogP contribution in [0.3, 0.4) is 0 Å². The van der Waals surface area contributed by atoms with Gasteiger partial charge in [-0.15, -0.1) is 0 Å². The van der Waals surface area contributed by atoms with Crippen molar-refractivity contribution < 1.29 is 24.1 Å². The molecule has 10 nitrogen and oxygen atoms in total. The van der Waals surface area contributed by atoms with Crippen molar-refractivity contribution >= 4 is 5.69 Å². The molecular formula is C14H17N3O7. The lowest BCUT2D eigenvalue weighted by Gasteiger charge is -2.33. The predicted molar refractivity (Wildman–Crippen MR) is 79.2 cm³/mol. The monoisotopic (exact) mass is 339 g/mol. The Labute approximate surface area is 137 Å². The van der Waals surface area contributed by atoms with Crippen molar-refractivity contribution in [2.75, 3.05) is 6.61 Å². The summed E-state index contributed by atoms with van der Waals surface area (Å²) in [5.74, 6) is 0.135.